The maximum atomic E-state index is 9.23. The van der Waals surface area contributed by atoms with Gasteiger partial charge in [0.1, 0.15) is 11.8 Å². The summed E-state index contributed by atoms with van der Waals surface area (Å²) in [6, 6.07) is 8.39. The second kappa shape index (κ2) is 6.02. The minimum absolute atomic E-state index is 0.334. The normalized spacial score (nSPS) is 17.3. The van der Waals surface area contributed by atoms with Gasteiger partial charge in [0.15, 0.2) is 11.5 Å². The first-order valence-electron chi connectivity index (χ1n) is 7.35. The molecule has 0 amide bonds. The summed E-state index contributed by atoms with van der Waals surface area (Å²) in [4.78, 5) is 10.6. The van der Waals surface area contributed by atoms with E-state index in [9.17, 15) is 5.26 Å². The Hall–Kier alpha value is -2.61. The average molecular weight is 294 g/mol. The fourth-order valence-corrected chi connectivity index (χ4v) is 3.00. The Bertz CT molecular complexity index is 723. The Morgan fingerprint density at radius 3 is 2.91 bits per heavy atom. The molecule has 0 spiro atoms. The minimum atomic E-state index is 0.334. The number of fused-ring (bicyclic) bond motifs is 1. The summed E-state index contributed by atoms with van der Waals surface area (Å²) in [5.74, 6) is 1.90. The summed E-state index contributed by atoms with van der Waals surface area (Å²) in [6.45, 7) is 3.84. The highest BCUT2D eigenvalue weighted by Crippen LogP contribution is 2.30. The third kappa shape index (κ3) is 2.60. The van der Waals surface area contributed by atoms with Gasteiger partial charge >= 0.3 is 0 Å². The Labute approximate surface area is 130 Å². The summed E-state index contributed by atoms with van der Waals surface area (Å²) in [7, 11) is 1.69. The van der Waals surface area contributed by atoms with Crippen LogP contribution < -0.4 is 9.64 Å². The number of rotatable bonds is 2. The van der Waals surface area contributed by atoms with Crippen molar-refractivity contribution in [3.8, 4) is 11.8 Å². The molecule has 1 atom stereocenters. The second-order valence-electron chi connectivity index (χ2n) is 5.50. The first-order chi connectivity index (χ1) is 10.7. The van der Waals surface area contributed by atoms with Crippen LogP contribution in [-0.2, 0) is 6.42 Å². The standard InChI is InChI=1S/C17H18N4O/c1-12-11-21(17-16(10-18)19-6-7-20-17)8-5-13-3-4-14(22-2)9-15(12)13/h3-4,6-7,9,12H,5,8,11H2,1-2H3. The lowest BCUT2D eigenvalue weighted by atomic mass is 9.95. The van der Waals surface area contributed by atoms with Gasteiger partial charge in [0.05, 0.1) is 7.11 Å². The molecule has 0 fully saturated rings. The van der Waals surface area contributed by atoms with Crippen LogP contribution in [0, 0.1) is 11.3 Å². The highest BCUT2D eigenvalue weighted by atomic mass is 16.5. The molecular formula is C17H18N4O. The van der Waals surface area contributed by atoms with E-state index < -0.39 is 0 Å². The molecule has 3 rings (SSSR count). The van der Waals surface area contributed by atoms with Gasteiger partial charge in [0.2, 0.25) is 0 Å². The Morgan fingerprint density at radius 1 is 1.32 bits per heavy atom. The molecule has 0 radical (unpaired) electrons. The molecule has 0 bridgehead atoms. The zero-order chi connectivity index (χ0) is 15.5. The van der Waals surface area contributed by atoms with E-state index in [-0.39, 0.29) is 0 Å². The Balaban J connectivity index is 1.93. The third-order valence-electron chi connectivity index (χ3n) is 4.11. The van der Waals surface area contributed by atoms with Gasteiger partial charge in [0.25, 0.3) is 0 Å². The molecule has 0 saturated carbocycles. The molecule has 2 heterocycles. The fraction of sp³-hybridized carbons (Fsp3) is 0.353. The van der Waals surface area contributed by atoms with Crippen LogP contribution in [0.5, 0.6) is 5.75 Å². The predicted molar refractivity (Wildman–Crippen MR) is 84.1 cm³/mol. The molecule has 0 N–H and O–H groups in total. The number of hydrogen-bond acceptors (Lipinski definition) is 5. The molecule has 1 aromatic heterocycles. The number of nitriles is 1. The number of methoxy groups -OCH3 is 1. The number of anilines is 1. The molecule has 0 aliphatic carbocycles. The molecule has 1 aromatic carbocycles. The van der Waals surface area contributed by atoms with E-state index in [2.05, 4.69) is 40.0 Å². The summed E-state index contributed by atoms with van der Waals surface area (Å²) >= 11 is 0. The van der Waals surface area contributed by atoms with Crippen molar-refractivity contribution in [3.05, 3.63) is 47.4 Å². The maximum Gasteiger partial charge on any atom is 0.183 e. The lowest BCUT2D eigenvalue weighted by Crippen LogP contribution is -2.29. The van der Waals surface area contributed by atoms with Crippen LogP contribution in [0.2, 0.25) is 0 Å². The number of nitrogens with zero attached hydrogens (tertiary/aromatic N) is 4. The van der Waals surface area contributed by atoms with Crippen LogP contribution in [0.1, 0.15) is 29.7 Å². The molecule has 5 heteroatoms. The zero-order valence-electron chi connectivity index (χ0n) is 12.8. The summed E-state index contributed by atoms with van der Waals surface area (Å²) in [6.07, 6.45) is 4.12. The Morgan fingerprint density at radius 2 is 2.14 bits per heavy atom. The summed E-state index contributed by atoms with van der Waals surface area (Å²) in [5, 5.41) is 9.23. The van der Waals surface area contributed by atoms with Gasteiger partial charge in [-0.25, -0.2) is 9.97 Å². The van der Waals surface area contributed by atoms with Gasteiger partial charge in [-0.05, 0) is 35.6 Å². The van der Waals surface area contributed by atoms with Crippen molar-refractivity contribution in [3.63, 3.8) is 0 Å². The van der Waals surface area contributed by atoms with Gasteiger partial charge in [-0.2, -0.15) is 5.26 Å². The number of hydrogen-bond donors (Lipinski definition) is 0. The van der Waals surface area contributed by atoms with E-state index in [1.54, 1.807) is 19.5 Å². The quantitative estimate of drug-likeness (QED) is 0.851. The van der Waals surface area contributed by atoms with Crippen molar-refractivity contribution < 1.29 is 4.74 Å². The predicted octanol–water partition coefficient (Wildman–Crippen LogP) is 2.52. The minimum Gasteiger partial charge on any atom is -0.497 e. The van der Waals surface area contributed by atoms with E-state index in [1.807, 2.05) is 6.07 Å². The maximum absolute atomic E-state index is 9.23. The molecule has 112 valence electrons. The van der Waals surface area contributed by atoms with Crippen LogP contribution in [0.15, 0.2) is 30.6 Å². The van der Waals surface area contributed by atoms with Crippen LogP contribution in [0.4, 0.5) is 5.82 Å². The highest BCUT2D eigenvalue weighted by molar-refractivity contribution is 5.51. The van der Waals surface area contributed by atoms with E-state index in [0.29, 0.717) is 17.4 Å². The lowest BCUT2D eigenvalue weighted by Gasteiger charge is -2.24. The molecule has 1 aliphatic rings. The first kappa shape index (κ1) is 14.3. The second-order valence-corrected chi connectivity index (χ2v) is 5.50. The lowest BCUT2D eigenvalue weighted by molar-refractivity contribution is 0.414. The van der Waals surface area contributed by atoms with Crippen LogP contribution in [0.3, 0.4) is 0 Å². The molecule has 1 aliphatic heterocycles. The average Bonchev–Trinajstić information content (AvgIpc) is 2.73. The van der Waals surface area contributed by atoms with Gasteiger partial charge in [-0.1, -0.05) is 13.0 Å². The van der Waals surface area contributed by atoms with Crippen LogP contribution >= 0.6 is 0 Å². The monoisotopic (exact) mass is 294 g/mol. The number of benzene rings is 1. The highest BCUT2D eigenvalue weighted by Gasteiger charge is 2.23. The number of ether oxygens (including phenoxy) is 1. The van der Waals surface area contributed by atoms with Gasteiger partial charge in [-0.3, -0.25) is 0 Å². The van der Waals surface area contributed by atoms with Crippen LogP contribution in [0.25, 0.3) is 0 Å². The molecule has 1 unspecified atom stereocenters. The number of aromatic nitrogens is 2. The van der Waals surface area contributed by atoms with Crippen molar-refractivity contribution in [2.24, 2.45) is 0 Å². The Kier molecular flexibility index (Phi) is 3.92. The SMILES string of the molecule is COc1ccc2c(c1)C(C)CN(c1nccnc1C#N)CC2. The molecule has 22 heavy (non-hydrogen) atoms. The third-order valence-corrected chi connectivity index (χ3v) is 4.11. The van der Waals surface area contributed by atoms with E-state index in [4.69, 9.17) is 4.74 Å². The summed E-state index contributed by atoms with van der Waals surface area (Å²) < 4.78 is 5.34. The van der Waals surface area contributed by atoms with Gasteiger partial charge < -0.3 is 9.64 Å². The first-order valence-corrected chi connectivity index (χ1v) is 7.35. The smallest absolute Gasteiger partial charge is 0.183 e. The van der Waals surface area contributed by atoms with Crippen molar-refractivity contribution in [2.45, 2.75) is 19.3 Å². The van der Waals surface area contributed by atoms with Gasteiger partial charge in [0, 0.05) is 25.5 Å². The van der Waals surface area contributed by atoms with Gasteiger partial charge in [-0.15, -0.1) is 0 Å². The van der Waals surface area contributed by atoms with E-state index >= 15 is 0 Å². The van der Waals surface area contributed by atoms with Crippen molar-refractivity contribution in [1.29, 1.82) is 5.26 Å². The topological polar surface area (TPSA) is 62.0 Å². The largest absolute Gasteiger partial charge is 0.497 e. The van der Waals surface area contributed by atoms with Crippen molar-refractivity contribution in [1.82, 2.24) is 9.97 Å². The van der Waals surface area contributed by atoms with Crippen molar-refractivity contribution >= 4 is 5.82 Å². The zero-order valence-corrected chi connectivity index (χ0v) is 12.8. The van der Waals surface area contributed by atoms with Crippen molar-refractivity contribution in [2.75, 3.05) is 25.1 Å². The molecule has 2 aromatic rings. The van der Waals surface area contributed by atoms with E-state index in [1.165, 1.54) is 11.1 Å². The molecule has 0 saturated heterocycles. The molecular weight excluding hydrogens is 276 g/mol. The fourth-order valence-electron chi connectivity index (χ4n) is 3.00. The van der Waals surface area contributed by atoms with Crippen LogP contribution in [-0.4, -0.2) is 30.2 Å². The summed E-state index contributed by atoms with van der Waals surface area (Å²) in [5.41, 5.74) is 3.03. The van der Waals surface area contributed by atoms with E-state index in [0.717, 1.165) is 25.3 Å². The molecule has 5 nitrogen and oxygen atoms in total.